The first-order valence-corrected chi connectivity index (χ1v) is 16.9. The predicted molar refractivity (Wildman–Crippen MR) is 181 cm³/mol. The molecule has 0 aliphatic heterocycles. The van der Waals surface area contributed by atoms with E-state index in [-0.39, 0.29) is 84.4 Å². The smallest absolute Gasteiger partial charge is 0.850 e. The Morgan fingerprint density at radius 3 is 0.906 bits per heavy atom. The largest absolute Gasteiger partial charge is 4.00 e. The van der Waals surface area contributed by atoms with E-state index < -0.39 is 36.4 Å². The minimum atomic E-state index is -0.838. The van der Waals surface area contributed by atoms with Gasteiger partial charge in [0.1, 0.15) is 35.9 Å². The first-order chi connectivity index (χ1) is 24.2. The summed E-state index contributed by atoms with van der Waals surface area (Å²) in [5.74, 6) is -0.168. The van der Waals surface area contributed by atoms with Gasteiger partial charge >= 0.3 is 45.5 Å². The molecule has 0 saturated heterocycles. The van der Waals surface area contributed by atoms with Gasteiger partial charge in [0.25, 0.3) is 0 Å². The molecule has 0 saturated carbocycles. The third-order valence-corrected chi connectivity index (χ3v) is 4.47. The number of esters is 2. The van der Waals surface area contributed by atoms with Gasteiger partial charge in [0.2, 0.25) is 0 Å². The molecular weight excluding hydrogens is 736 g/mol. The number of ketones is 2. The number of rotatable bonds is 22. The number of hydrogen-bond acceptors (Lipinski definition) is 16. The van der Waals surface area contributed by atoms with Crippen LogP contribution >= 0.6 is 0 Å². The summed E-state index contributed by atoms with van der Waals surface area (Å²) < 4.78 is 39.7. The Bertz CT molecular complexity index is 1020. The molecule has 304 valence electrons. The van der Waals surface area contributed by atoms with Gasteiger partial charge in [-0.1, -0.05) is 52.1 Å². The third kappa shape index (κ3) is 53.1. The van der Waals surface area contributed by atoms with Gasteiger partial charge in [-0.15, -0.1) is 0 Å². The molecule has 4 unspecified atom stereocenters. The molecule has 0 spiro atoms. The van der Waals surface area contributed by atoms with Crippen molar-refractivity contribution in [2.45, 2.75) is 120 Å². The first-order valence-electron chi connectivity index (χ1n) is 16.9. The fourth-order valence-corrected chi connectivity index (χ4v) is 2.55. The molecule has 0 radical (unpaired) electrons. The summed E-state index contributed by atoms with van der Waals surface area (Å²) in [6, 6.07) is 0. The van der Waals surface area contributed by atoms with Crippen LogP contribution in [0.25, 0.3) is 0 Å². The fraction of sp³-hybridized carbons (Fsp3) is 0.722. The molecule has 17 heteroatoms. The van der Waals surface area contributed by atoms with E-state index in [2.05, 4.69) is 20.9 Å². The maximum Gasteiger partial charge on any atom is 4.00 e. The Morgan fingerprint density at radius 1 is 0.453 bits per heavy atom. The van der Waals surface area contributed by atoms with E-state index in [9.17, 15) is 39.6 Å². The fourth-order valence-electron chi connectivity index (χ4n) is 2.55. The van der Waals surface area contributed by atoms with Crippen LogP contribution in [0.3, 0.4) is 0 Å². The summed E-state index contributed by atoms with van der Waals surface area (Å²) >= 11 is 0. The second kappa shape index (κ2) is 39.9. The van der Waals surface area contributed by atoms with Crippen LogP contribution in [0.1, 0.15) is 95.9 Å². The predicted octanol–water partition coefficient (Wildman–Crippen LogP) is 0.850. The van der Waals surface area contributed by atoms with Crippen molar-refractivity contribution in [1.82, 2.24) is 0 Å². The molecule has 0 N–H and O–H groups in total. The summed E-state index contributed by atoms with van der Waals surface area (Å²) in [5.41, 5.74) is 5.44. The Kier molecular flexibility index (Phi) is 44.4. The molecule has 16 nitrogen and oxygen atoms in total. The standard InChI is InChI=1S/2C12H20O5.2C6H10O3.Ti/c2*1-5-15-12(17-8-10(3)14)6-11(4)16-7-9(2)13;2*1-3-9-6(8)4-5(2)7;/h2*9-10H,5,7-8H2,1-4H3;2*3-4H2,1-2H3;/q2*-2;;;+4. The summed E-state index contributed by atoms with van der Waals surface area (Å²) in [4.78, 5) is 41.3. The topological polar surface area (TPSA) is 234 Å². The summed E-state index contributed by atoms with van der Waals surface area (Å²) in [7, 11) is 0. The van der Waals surface area contributed by atoms with Crippen molar-refractivity contribution in [3.63, 3.8) is 0 Å². The summed E-state index contributed by atoms with van der Waals surface area (Å²) in [6.45, 7) is 20.6. The quantitative estimate of drug-likeness (QED) is 0.0486. The van der Waals surface area contributed by atoms with Crippen LogP contribution in [-0.2, 0) is 78.8 Å². The molecule has 4 atom stereocenters. The van der Waals surface area contributed by atoms with Crippen LogP contribution in [-0.4, -0.2) is 101 Å². The molecular formula is C36H60O16Ti. The van der Waals surface area contributed by atoms with Gasteiger partial charge < -0.3 is 58.3 Å². The van der Waals surface area contributed by atoms with Gasteiger partial charge in [0, 0.05) is 25.3 Å². The number of carbonyl (C=O) groups is 4. The van der Waals surface area contributed by atoms with Crippen molar-refractivity contribution in [2.75, 3.05) is 52.9 Å². The van der Waals surface area contributed by atoms with E-state index in [0.29, 0.717) is 37.9 Å². The minimum absolute atomic E-state index is 0. The van der Waals surface area contributed by atoms with Crippen molar-refractivity contribution in [3.8, 4) is 0 Å². The van der Waals surface area contributed by atoms with Crippen molar-refractivity contribution < 1.29 is 99.2 Å². The van der Waals surface area contributed by atoms with Crippen LogP contribution in [0.4, 0.5) is 0 Å². The molecule has 0 heterocycles. The molecule has 0 bridgehead atoms. The molecule has 53 heavy (non-hydrogen) atoms. The van der Waals surface area contributed by atoms with Crippen molar-refractivity contribution in [1.29, 1.82) is 0 Å². The van der Waals surface area contributed by atoms with E-state index in [1.165, 1.54) is 41.5 Å². The van der Waals surface area contributed by atoms with Crippen molar-refractivity contribution >= 4 is 23.5 Å². The second-order valence-electron chi connectivity index (χ2n) is 10.7. The zero-order valence-electron chi connectivity index (χ0n) is 33.4. The third-order valence-electron chi connectivity index (χ3n) is 4.47. The molecule has 0 aliphatic rings. The zero-order valence-corrected chi connectivity index (χ0v) is 35.0. The number of ether oxygens (including phenoxy) is 8. The minimum Gasteiger partial charge on any atom is -0.850 e. The Hall–Kier alpha value is -3.33. The van der Waals surface area contributed by atoms with Crippen molar-refractivity contribution in [2.24, 2.45) is 0 Å². The van der Waals surface area contributed by atoms with Crippen LogP contribution in [0.5, 0.6) is 0 Å². The number of carbonyl (C=O) groups excluding carboxylic acids is 4. The molecule has 0 amide bonds. The maximum atomic E-state index is 10.8. The Labute approximate surface area is 330 Å². The molecule has 0 rings (SSSR count). The number of allylic oxidation sites excluding steroid dienone is 2. The van der Waals surface area contributed by atoms with Crippen LogP contribution in [0.15, 0.2) is 34.9 Å². The molecule has 0 aliphatic carbocycles. The molecule has 0 aromatic heterocycles. The maximum absolute atomic E-state index is 10.8. The van der Waals surface area contributed by atoms with Gasteiger partial charge in [-0.3, -0.25) is 19.2 Å². The Morgan fingerprint density at radius 2 is 0.698 bits per heavy atom. The van der Waals surface area contributed by atoms with E-state index in [4.69, 9.17) is 28.4 Å². The van der Waals surface area contributed by atoms with Crippen molar-refractivity contribution in [3.05, 3.63) is 34.9 Å². The van der Waals surface area contributed by atoms with Gasteiger partial charge in [-0.25, -0.2) is 0 Å². The Balaban J connectivity index is -0.000000200. The van der Waals surface area contributed by atoms with E-state index in [1.54, 1.807) is 41.5 Å². The van der Waals surface area contributed by atoms with Gasteiger partial charge in [0.05, 0.1) is 52.9 Å². The monoisotopic (exact) mass is 796 g/mol. The van der Waals surface area contributed by atoms with Gasteiger partial charge in [-0.05, 0) is 41.5 Å². The normalized spacial score (nSPS) is 11.5. The van der Waals surface area contributed by atoms with E-state index in [0.717, 1.165) is 0 Å². The summed E-state index contributed by atoms with van der Waals surface area (Å²) in [6.07, 6.45) is -3.48. The number of Topliss-reactive ketones (excluding diaryl/α,β-unsaturated/α-hetero) is 2. The number of hydrogen-bond donors (Lipinski definition) is 0. The van der Waals surface area contributed by atoms with Crippen LogP contribution < -0.4 is 20.4 Å². The second-order valence-corrected chi connectivity index (χ2v) is 10.7. The molecule has 0 fully saturated rings. The van der Waals surface area contributed by atoms with Crippen LogP contribution in [0.2, 0.25) is 0 Å². The average molecular weight is 797 g/mol. The summed E-state index contributed by atoms with van der Waals surface area (Å²) in [5, 5.41) is 43.2. The van der Waals surface area contributed by atoms with Crippen LogP contribution in [0, 0.1) is 0 Å². The van der Waals surface area contributed by atoms with Gasteiger partial charge in [0.15, 0.2) is 0 Å². The first kappa shape index (κ1) is 59.0. The van der Waals surface area contributed by atoms with E-state index in [1.807, 2.05) is 0 Å². The SMILES string of the molecule is CCOC(=C=C(C)OCC(C)[O-])OCC(C)[O-].CCOC(=C=C(C)OCC(C)[O-])OCC(C)[O-].CCOC(=O)CC(C)=O.CCOC(=O)CC(C)=O.[Ti+4]. The zero-order chi connectivity index (χ0) is 41.1. The van der Waals surface area contributed by atoms with E-state index >= 15 is 0 Å². The average Bonchev–Trinajstić information content (AvgIpc) is 3.01. The van der Waals surface area contributed by atoms with Gasteiger partial charge in [-0.2, -0.15) is 0 Å². The molecule has 0 aromatic carbocycles. The molecule has 0 aromatic rings.